The summed E-state index contributed by atoms with van der Waals surface area (Å²) in [7, 11) is 0. The molecule has 0 saturated carbocycles. The molecule has 0 aliphatic rings. The molecule has 2 N–H and O–H groups in total. The summed E-state index contributed by atoms with van der Waals surface area (Å²) in [6.45, 7) is 3.95. The number of aliphatic hydroxyl groups excluding tert-OH is 1. The lowest BCUT2D eigenvalue weighted by Crippen LogP contribution is -2.46. The van der Waals surface area contributed by atoms with Gasteiger partial charge in [-0.05, 0) is 31.9 Å². The molecule has 0 bridgehead atoms. The predicted molar refractivity (Wildman–Crippen MR) is 74.1 cm³/mol. The highest BCUT2D eigenvalue weighted by molar-refractivity contribution is 5.96. The molecule has 1 atom stereocenters. The van der Waals surface area contributed by atoms with Crippen molar-refractivity contribution in [2.75, 3.05) is 6.61 Å². The molecular weight excluding hydrogens is 242 g/mol. The average Bonchev–Trinajstić information content (AvgIpc) is 2.83. The fourth-order valence-electron chi connectivity index (χ4n) is 2.00. The van der Waals surface area contributed by atoms with Crippen LogP contribution in [-0.2, 0) is 0 Å². The number of rotatable bonds is 5. The molecule has 4 nitrogen and oxygen atoms in total. The van der Waals surface area contributed by atoms with Gasteiger partial charge in [-0.1, -0.05) is 25.1 Å². The van der Waals surface area contributed by atoms with Crippen LogP contribution in [0, 0.1) is 0 Å². The lowest BCUT2D eigenvalue weighted by atomic mass is 9.95. The maximum absolute atomic E-state index is 12.2. The summed E-state index contributed by atoms with van der Waals surface area (Å²) in [6, 6.07) is 9.25. The highest BCUT2D eigenvalue weighted by atomic mass is 16.3. The van der Waals surface area contributed by atoms with Crippen molar-refractivity contribution in [3.8, 4) is 0 Å². The van der Waals surface area contributed by atoms with Gasteiger partial charge in [-0.15, -0.1) is 0 Å². The first-order valence-corrected chi connectivity index (χ1v) is 6.50. The van der Waals surface area contributed by atoms with E-state index in [1.807, 2.05) is 38.1 Å². The Morgan fingerprint density at radius 2 is 2.16 bits per heavy atom. The van der Waals surface area contributed by atoms with Crippen molar-refractivity contribution < 1.29 is 14.3 Å². The number of fused-ring (bicyclic) bond motifs is 1. The van der Waals surface area contributed by atoms with Crippen molar-refractivity contribution in [3.05, 3.63) is 36.1 Å². The van der Waals surface area contributed by atoms with Crippen LogP contribution in [0.1, 0.15) is 37.2 Å². The van der Waals surface area contributed by atoms with Crippen molar-refractivity contribution in [2.24, 2.45) is 0 Å². The molecule has 0 aliphatic heterocycles. The number of hydrogen-bond donors (Lipinski definition) is 2. The number of furan rings is 1. The molecule has 102 valence electrons. The molecule has 0 fully saturated rings. The quantitative estimate of drug-likeness (QED) is 0.869. The van der Waals surface area contributed by atoms with Gasteiger partial charge in [0.25, 0.3) is 5.91 Å². The Hall–Kier alpha value is -1.81. The zero-order chi connectivity index (χ0) is 13.9. The second-order valence-electron chi connectivity index (χ2n) is 4.99. The van der Waals surface area contributed by atoms with E-state index in [4.69, 9.17) is 9.52 Å². The third-order valence-electron chi connectivity index (χ3n) is 3.51. The Balaban J connectivity index is 2.19. The number of carbonyl (C=O) groups excluding carboxylic acids is 1. The fourth-order valence-corrected chi connectivity index (χ4v) is 2.00. The standard InChI is InChI=1S/C15H19NO3/c1-3-15(2,8-9-17)16-14(18)13-10-11-6-4-5-7-12(11)19-13/h4-7,10,17H,3,8-9H2,1-2H3,(H,16,18)/t15-/m0/s1. The number of aliphatic hydroxyl groups is 1. The van der Waals surface area contributed by atoms with Gasteiger partial charge in [0.15, 0.2) is 5.76 Å². The van der Waals surface area contributed by atoms with Crippen LogP contribution in [0.4, 0.5) is 0 Å². The van der Waals surface area contributed by atoms with Gasteiger partial charge in [0.2, 0.25) is 0 Å². The van der Waals surface area contributed by atoms with Gasteiger partial charge in [-0.3, -0.25) is 4.79 Å². The van der Waals surface area contributed by atoms with E-state index >= 15 is 0 Å². The predicted octanol–water partition coefficient (Wildman–Crippen LogP) is 2.71. The van der Waals surface area contributed by atoms with E-state index in [1.165, 1.54) is 0 Å². The van der Waals surface area contributed by atoms with Gasteiger partial charge in [0, 0.05) is 17.5 Å². The number of hydrogen-bond acceptors (Lipinski definition) is 3. The van der Waals surface area contributed by atoms with Gasteiger partial charge in [-0.25, -0.2) is 0 Å². The Morgan fingerprint density at radius 3 is 2.79 bits per heavy atom. The van der Waals surface area contributed by atoms with Crippen LogP contribution in [0.5, 0.6) is 0 Å². The molecule has 1 heterocycles. The van der Waals surface area contributed by atoms with Gasteiger partial charge in [0.1, 0.15) is 5.58 Å². The topological polar surface area (TPSA) is 62.5 Å². The number of amides is 1. The average molecular weight is 261 g/mol. The minimum absolute atomic E-state index is 0.0464. The molecule has 0 radical (unpaired) electrons. The van der Waals surface area contributed by atoms with Gasteiger partial charge < -0.3 is 14.8 Å². The van der Waals surface area contributed by atoms with E-state index < -0.39 is 5.54 Å². The summed E-state index contributed by atoms with van der Waals surface area (Å²) in [5.74, 6) is 0.0628. The van der Waals surface area contributed by atoms with E-state index in [0.29, 0.717) is 17.8 Å². The minimum Gasteiger partial charge on any atom is -0.451 e. The normalized spacial score (nSPS) is 14.3. The highest BCUT2D eigenvalue weighted by Crippen LogP contribution is 2.20. The molecule has 1 amide bonds. The van der Waals surface area contributed by atoms with Crippen LogP contribution >= 0.6 is 0 Å². The largest absolute Gasteiger partial charge is 0.451 e. The maximum atomic E-state index is 12.2. The van der Waals surface area contributed by atoms with Crippen LogP contribution in [0.3, 0.4) is 0 Å². The van der Waals surface area contributed by atoms with Crippen LogP contribution < -0.4 is 5.32 Å². The zero-order valence-electron chi connectivity index (χ0n) is 11.3. The second kappa shape index (κ2) is 5.45. The molecule has 2 aromatic rings. The Labute approximate surface area is 112 Å². The number of carbonyl (C=O) groups is 1. The first kappa shape index (κ1) is 13.6. The lowest BCUT2D eigenvalue weighted by Gasteiger charge is -2.28. The van der Waals surface area contributed by atoms with E-state index in [9.17, 15) is 4.79 Å². The molecule has 4 heteroatoms. The van der Waals surface area contributed by atoms with Gasteiger partial charge >= 0.3 is 0 Å². The molecule has 1 aromatic carbocycles. The number of para-hydroxylation sites is 1. The van der Waals surface area contributed by atoms with Crippen molar-refractivity contribution in [1.82, 2.24) is 5.32 Å². The van der Waals surface area contributed by atoms with Crippen LogP contribution in [0.2, 0.25) is 0 Å². The van der Waals surface area contributed by atoms with Crippen LogP contribution in [0.25, 0.3) is 11.0 Å². The Morgan fingerprint density at radius 1 is 1.42 bits per heavy atom. The first-order chi connectivity index (χ1) is 9.08. The molecule has 0 aliphatic carbocycles. The van der Waals surface area contributed by atoms with Crippen molar-refractivity contribution >= 4 is 16.9 Å². The first-order valence-electron chi connectivity index (χ1n) is 6.50. The molecule has 0 saturated heterocycles. The third kappa shape index (κ3) is 2.96. The highest BCUT2D eigenvalue weighted by Gasteiger charge is 2.25. The zero-order valence-corrected chi connectivity index (χ0v) is 11.3. The molecule has 0 unspecified atom stereocenters. The summed E-state index contributed by atoms with van der Waals surface area (Å²) in [5, 5.41) is 12.9. The van der Waals surface area contributed by atoms with Gasteiger partial charge in [0.05, 0.1) is 0 Å². The smallest absolute Gasteiger partial charge is 0.287 e. The maximum Gasteiger partial charge on any atom is 0.287 e. The minimum atomic E-state index is -0.412. The van der Waals surface area contributed by atoms with E-state index in [-0.39, 0.29) is 12.5 Å². The monoisotopic (exact) mass is 261 g/mol. The van der Waals surface area contributed by atoms with Crippen molar-refractivity contribution in [3.63, 3.8) is 0 Å². The van der Waals surface area contributed by atoms with E-state index in [2.05, 4.69) is 5.32 Å². The van der Waals surface area contributed by atoms with E-state index in [0.717, 1.165) is 11.8 Å². The number of nitrogens with one attached hydrogen (secondary N) is 1. The van der Waals surface area contributed by atoms with Crippen LogP contribution in [0.15, 0.2) is 34.7 Å². The number of benzene rings is 1. The molecule has 1 aromatic heterocycles. The summed E-state index contributed by atoms with van der Waals surface area (Å²) in [5.41, 5.74) is 0.290. The molecule has 2 rings (SSSR count). The SMILES string of the molecule is CC[C@@](C)(CCO)NC(=O)c1cc2ccccc2o1. The summed E-state index contributed by atoms with van der Waals surface area (Å²) in [4.78, 5) is 12.2. The fraction of sp³-hybridized carbons (Fsp3) is 0.400. The third-order valence-corrected chi connectivity index (χ3v) is 3.51. The molecule has 19 heavy (non-hydrogen) atoms. The summed E-state index contributed by atoms with van der Waals surface area (Å²) in [6.07, 6.45) is 1.27. The summed E-state index contributed by atoms with van der Waals surface area (Å²) >= 11 is 0. The Bertz CT molecular complexity index is 543. The Kier molecular flexibility index (Phi) is 3.90. The van der Waals surface area contributed by atoms with Crippen molar-refractivity contribution in [2.45, 2.75) is 32.2 Å². The molecule has 0 spiro atoms. The lowest BCUT2D eigenvalue weighted by molar-refractivity contribution is 0.0860. The van der Waals surface area contributed by atoms with Crippen molar-refractivity contribution in [1.29, 1.82) is 0 Å². The van der Waals surface area contributed by atoms with E-state index in [1.54, 1.807) is 6.07 Å². The van der Waals surface area contributed by atoms with Crippen LogP contribution in [-0.4, -0.2) is 23.2 Å². The van der Waals surface area contributed by atoms with Gasteiger partial charge in [-0.2, -0.15) is 0 Å². The summed E-state index contributed by atoms with van der Waals surface area (Å²) < 4.78 is 5.52. The second-order valence-corrected chi connectivity index (χ2v) is 4.99. The molecular formula is C15H19NO3.